The lowest BCUT2D eigenvalue weighted by Gasteiger charge is -2.14. The van der Waals surface area contributed by atoms with Gasteiger partial charge >= 0.3 is 0 Å². The van der Waals surface area contributed by atoms with Gasteiger partial charge in [-0.25, -0.2) is 0 Å². The molecule has 0 aromatic heterocycles. The number of hydrogen-bond donors (Lipinski definition) is 1. The van der Waals surface area contributed by atoms with Crippen LogP contribution in [-0.4, -0.2) is 11.2 Å². The molecule has 0 heterocycles. The molecule has 1 unspecified atom stereocenters. The van der Waals surface area contributed by atoms with Crippen LogP contribution in [0.1, 0.15) is 56.6 Å². The fraction of sp³-hybridized carbons (Fsp3) is 0.647. The summed E-state index contributed by atoms with van der Waals surface area (Å²) in [7, 11) is 0. The molecule has 0 aliphatic heterocycles. The SMILES string of the molecule is CCc1ccc(CC(O)CCC2CCCC2)cc1. The topological polar surface area (TPSA) is 20.2 Å². The predicted octanol–water partition coefficient (Wildman–Crippen LogP) is 4.12. The first-order valence-electron chi connectivity index (χ1n) is 7.54. The Labute approximate surface area is 111 Å². The third-order valence-corrected chi connectivity index (χ3v) is 4.29. The van der Waals surface area contributed by atoms with Gasteiger partial charge in [0.25, 0.3) is 0 Å². The molecular weight excluding hydrogens is 220 g/mol. The second kappa shape index (κ2) is 6.94. The van der Waals surface area contributed by atoms with Crippen LogP contribution in [-0.2, 0) is 12.8 Å². The van der Waals surface area contributed by atoms with Crippen LogP contribution in [0.4, 0.5) is 0 Å². The highest BCUT2D eigenvalue weighted by Crippen LogP contribution is 2.29. The van der Waals surface area contributed by atoms with Crippen molar-refractivity contribution < 1.29 is 5.11 Å². The summed E-state index contributed by atoms with van der Waals surface area (Å²) < 4.78 is 0. The molecule has 1 N–H and O–H groups in total. The molecule has 1 aromatic rings. The second-order valence-electron chi connectivity index (χ2n) is 5.76. The van der Waals surface area contributed by atoms with Crippen molar-refractivity contribution in [2.45, 2.75) is 64.4 Å². The quantitative estimate of drug-likeness (QED) is 0.800. The highest BCUT2D eigenvalue weighted by molar-refractivity contribution is 5.22. The molecule has 100 valence electrons. The highest BCUT2D eigenvalue weighted by Gasteiger charge is 2.16. The van der Waals surface area contributed by atoms with Crippen LogP contribution in [0, 0.1) is 5.92 Å². The van der Waals surface area contributed by atoms with Gasteiger partial charge in [0.15, 0.2) is 0 Å². The van der Waals surface area contributed by atoms with Crippen molar-refractivity contribution in [1.82, 2.24) is 0 Å². The molecule has 18 heavy (non-hydrogen) atoms. The fourth-order valence-corrected chi connectivity index (χ4v) is 3.01. The molecule has 1 saturated carbocycles. The monoisotopic (exact) mass is 246 g/mol. The van der Waals surface area contributed by atoms with E-state index in [0.717, 1.165) is 25.2 Å². The normalized spacial score (nSPS) is 18.1. The summed E-state index contributed by atoms with van der Waals surface area (Å²) in [6, 6.07) is 8.69. The van der Waals surface area contributed by atoms with Crippen molar-refractivity contribution in [1.29, 1.82) is 0 Å². The van der Waals surface area contributed by atoms with Gasteiger partial charge in [-0.1, -0.05) is 56.9 Å². The van der Waals surface area contributed by atoms with E-state index in [2.05, 4.69) is 31.2 Å². The summed E-state index contributed by atoms with van der Waals surface area (Å²) in [6.45, 7) is 2.17. The molecule has 0 bridgehead atoms. The van der Waals surface area contributed by atoms with Crippen LogP contribution in [0.25, 0.3) is 0 Å². The van der Waals surface area contributed by atoms with Gasteiger partial charge in [-0.15, -0.1) is 0 Å². The Morgan fingerprint density at radius 1 is 1.11 bits per heavy atom. The summed E-state index contributed by atoms with van der Waals surface area (Å²) in [4.78, 5) is 0. The molecule has 1 heteroatoms. The molecule has 0 spiro atoms. The van der Waals surface area contributed by atoms with Crippen molar-refractivity contribution in [3.05, 3.63) is 35.4 Å². The molecule has 0 radical (unpaired) electrons. The summed E-state index contributed by atoms with van der Waals surface area (Å²) >= 11 is 0. The van der Waals surface area contributed by atoms with E-state index < -0.39 is 0 Å². The fourth-order valence-electron chi connectivity index (χ4n) is 3.01. The maximum Gasteiger partial charge on any atom is 0.0580 e. The highest BCUT2D eigenvalue weighted by atomic mass is 16.3. The lowest BCUT2D eigenvalue weighted by molar-refractivity contribution is 0.155. The minimum absolute atomic E-state index is 0.155. The van der Waals surface area contributed by atoms with Crippen LogP contribution < -0.4 is 0 Å². The van der Waals surface area contributed by atoms with E-state index in [9.17, 15) is 5.11 Å². The number of benzene rings is 1. The predicted molar refractivity (Wildman–Crippen MR) is 76.7 cm³/mol. The third kappa shape index (κ3) is 4.13. The van der Waals surface area contributed by atoms with Gasteiger partial charge in [-0.3, -0.25) is 0 Å². The molecule has 1 atom stereocenters. The average molecular weight is 246 g/mol. The molecule has 1 fully saturated rings. The van der Waals surface area contributed by atoms with Crippen molar-refractivity contribution in [2.24, 2.45) is 5.92 Å². The molecule has 0 saturated heterocycles. The van der Waals surface area contributed by atoms with E-state index in [1.807, 2.05) is 0 Å². The van der Waals surface area contributed by atoms with Crippen LogP contribution in [0.15, 0.2) is 24.3 Å². The second-order valence-corrected chi connectivity index (χ2v) is 5.76. The summed E-state index contributed by atoms with van der Waals surface area (Å²) in [5.41, 5.74) is 2.64. The van der Waals surface area contributed by atoms with Crippen molar-refractivity contribution >= 4 is 0 Å². The number of aliphatic hydroxyl groups excluding tert-OH is 1. The average Bonchev–Trinajstić information content (AvgIpc) is 2.90. The summed E-state index contributed by atoms with van der Waals surface area (Å²) in [5.74, 6) is 0.891. The first-order valence-corrected chi connectivity index (χ1v) is 7.54. The van der Waals surface area contributed by atoms with Crippen LogP contribution in [0.5, 0.6) is 0 Å². The molecule has 1 nitrogen and oxygen atoms in total. The van der Waals surface area contributed by atoms with Crippen molar-refractivity contribution in [2.75, 3.05) is 0 Å². The zero-order chi connectivity index (χ0) is 12.8. The molecule has 1 aromatic carbocycles. The Morgan fingerprint density at radius 2 is 1.72 bits per heavy atom. The van der Waals surface area contributed by atoms with E-state index in [1.54, 1.807) is 0 Å². The molecule has 2 rings (SSSR count). The van der Waals surface area contributed by atoms with E-state index in [4.69, 9.17) is 0 Å². The first kappa shape index (κ1) is 13.6. The van der Waals surface area contributed by atoms with E-state index >= 15 is 0 Å². The lowest BCUT2D eigenvalue weighted by Crippen LogP contribution is -2.12. The Kier molecular flexibility index (Phi) is 5.25. The van der Waals surface area contributed by atoms with Crippen LogP contribution >= 0.6 is 0 Å². The first-order chi connectivity index (χ1) is 8.78. The molecular formula is C17H26O. The maximum atomic E-state index is 10.1. The van der Waals surface area contributed by atoms with E-state index in [-0.39, 0.29) is 6.10 Å². The van der Waals surface area contributed by atoms with E-state index in [0.29, 0.717) is 0 Å². The summed E-state index contributed by atoms with van der Waals surface area (Å²) in [6.07, 6.45) is 9.52. The van der Waals surface area contributed by atoms with Crippen LogP contribution in [0.2, 0.25) is 0 Å². The Morgan fingerprint density at radius 3 is 2.33 bits per heavy atom. The lowest BCUT2D eigenvalue weighted by atomic mass is 9.96. The van der Waals surface area contributed by atoms with Crippen molar-refractivity contribution in [3.8, 4) is 0 Å². The standard InChI is InChI=1S/C17H26O/c1-2-14-7-9-16(10-8-14)13-17(18)12-11-15-5-3-4-6-15/h7-10,15,17-18H,2-6,11-13H2,1H3. The molecule has 1 aliphatic carbocycles. The maximum absolute atomic E-state index is 10.1. The largest absolute Gasteiger partial charge is 0.393 e. The van der Waals surface area contributed by atoms with Gasteiger partial charge in [-0.05, 0) is 42.7 Å². The van der Waals surface area contributed by atoms with Gasteiger partial charge in [0.1, 0.15) is 0 Å². The minimum atomic E-state index is -0.155. The number of aryl methyl sites for hydroxylation is 1. The van der Waals surface area contributed by atoms with Crippen molar-refractivity contribution in [3.63, 3.8) is 0 Å². The molecule has 0 amide bonds. The van der Waals surface area contributed by atoms with Gasteiger partial charge in [0.2, 0.25) is 0 Å². The Balaban J connectivity index is 1.73. The molecule has 1 aliphatic rings. The zero-order valence-electron chi connectivity index (χ0n) is 11.6. The number of aliphatic hydroxyl groups is 1. The van der Waals surface area contributed by atoms with Gasteiger partial charge in [0.05, 0.1) is 6.10 Å². The zero-order valence-corrected chi connectivity index (χ0v) is 11.6. The Bertz CT molecular complexity index is 335. The summed E-state index contributed by atoms with van der Waals surface area (Å²) in [5, 5.41) is 10.1. The third-order valence-electron chi connectivity index (χ3n) is 4.29. The number of hydrogen-bond acceptors (Lipinski definition) is 1. The van der Waals surface area contributed by atoms with Gasteiger partial charge in [0, 0.05) is 0 Å². The van der Waals surface area contributed by atoms with Gasteiger partial charge in [-0.2, -0.15) is 0 Å². The van der Waals surface area contributed by atoms with E-state index in [1.165, 1.54) is 43.2 Å². The Hall–Kier alpha value is -0.820. The smallest absolute Gasteiger partial charge is 0.0580 e. The van der Waals surface area contributed by atoms with Crippen LogP contribution in [0.3, 0.4) is 0 Å². The number of rotatable bonds is 6. The van der Waals surface area contributed by atoms with Gasteiger partial charge < -0.3 is 5.11 Å². The minimum Gasteiger partial charge on any atom is -0.393 e.